The predicted octanol–water partition coefficient (Wildman–Crippen LogP) is 5.33. The van der Waals surface area contributed by atoms with E-state index in [0.717, 1.165) is 15.6 Å². The standard InChI is InChI=1S/C20H17Cl2NO5S/c1-10-6-14(15(27-3)8-13(10)21)23-17(24)9-28-20(25)19-18(22)12-5-4-11(26-2)7-16(12)29-19/h4-8H,9H2,1-3H3,(H,23,24). The first-order valence-corrected chi connectivity index (χ1v) is 9.98. The molecule has 0 aliphatic carbocycles. The van der Waals surface area contributed by atoms with E-state index in [1.165, 1.54) is 18.4 Å². The molecule has 0 spiro atoms. The van der Waals surface area contributed by atoms with Gasteiger partial charge in [0.25, 0.3) is 5.91 Å². The maximum absolute atomic E-state index is 12.4. The van der Waals surface area contributed by atoms with E-state index in [4.69, 9.17) is 37.4 Å². The molecule has 0 bridgehead atoms. The molecule has 0 saturated carbocycles. The first kappa shape index (κ1) is 21.2. The number of aryl methyl sites for hydroxylation is 1. The van der Waals surface area contributed by atoms with Crippen molar-refractivity contribution < 1.29 is 23.8 Å². The Kier molecular flexibility index (Phi) is 6.52. The molecule has 1 heterocycles. The average Bonchev–Trinajstić information content (AvgIpc) is 3.04. The van der Waals surface area contributed by atoms with Gasteiger partial charge in [0.1, 0.15) is 16.4 Å². The summed E-state index contributed by atoms with van der Waals surface area (Å²) in [6, 6.07) is 8.59. The molecule has 0 aliphatic heterocycles. The predicted molar refractivity (Wildman–Crippen MR) is 115 cm³/mol. The fraction of sp³-hybridized carbons (Fsp3) is 0.200. The molecule has 0 saturated heterocycles. The van der Waals surface area contributed by atoms with Gasteiger partial charge in [-0.3, -0.25) is 4.79 Å². The smallest absolute Gasteiger partial charge is 0.350 e. The number of benzene rings is 2. The van der Waals surface area contributed by atoms with Crippen molar-refractivity contribution in [3.63, 3.8) is 0 Å². The van der Waals surface area contributed by atoms with Gasteiger partial charge in [0, 0.05) is 21.2 Å². The number of hydrogen-bond acceptors (Lipinski definition) is 6. The van der Waals surface area contributed by atoms with E-state index in [1.54, 1.807) is 44.4 Å². The number of esters is 1. The van der Waals surface area contributed by atoms with Crippen molar-refractivity contribution >= 4 is 62.2 Å². The average molecular weight is 454 g/mol. The lowest BCUT2D eigenvalue weighted by molar-refractivity contribution is -0.119. The van der Waals surface area contributed by atoms with Crippen LogP contribution in [0.2, 0.25) is 10.0 Å². The van der Waals surface area contributed by atoms with Gasteiger partial charge in [-0.1, -0.05) is 23.2 Å². The summed E-state index contributed by atoms with van der Waals surface area (Å²) in [6.45, 7) is 1.33. The molecule has 29 heavy (non-hydrogen) atoms. The summed E-state index contributed by atoms with van der Waals surface area (Å²) in [6.07, 6.45) is 0. The minimum absolute atomic E-state index is 0.225. The molecule has 3 rings (SSSR count). The highest BCUT2D eigenvalue weighted by molar-refractivity contribution is 7.21. The maximum atomic E-state index is 12.4. The number of ether oxygens (including phenoxy) is 3. The van der Waals surface area contributed by atoms with Crippen LogP contribution in [0, 0.1) is 6.92 Å². The molecule has 152 valence electrons. The van der Waals surface area contributed by atoms with E-state index in [9.17, 15) is 9.59 Å². The zero-order valence-electron chi connectivity index (χ0n) is 15.8. The van der Waals surface area contributed by atoms with Crippen LogP contribution in [0.3, 0.4) is 0 Å². The molecule has 0 radical (unpaired) electrons. The van der Waals surface area contributed by atoms with Crippen molar-refractivity contribution in [3.05, 3.63) is 50.8 Å². The Morgan fingerprint density at radius 1 is 1.10 bits per heavy atom. The molecule has 6 nitrogen and oxygen atoms in total. The van der Waals surface area contributed by atoms with Gasteiger partial charge < -0.3 is 19.5 Å². The third-order valence-electron chi connectivity index (χ3n) is 4.11. The Morgan fingerprint density at radius 3 is 2.55 bits per heavy atom. The third-order valence-corrected chi connectivity index (χ3v) is 6.16. The molecule has 0 atom stereocenters. The quantitative estimate of drug-likeness (QED) is 0.510. The Hall–Kier alpha value is -2.48. The monoisotopic (exact) mass is 453 g/mol. The van der Waals surface area contributed by atoms with E-state index in [1.807, 2.05) is 0 Å². The molecular formula is C20H17Cl2NO5S. The fourth-order valence-electron chi connectivity index (χ4n) is 2.62. The van der Waals surface area contributed by atoms with Gasteiger partial charge in [-0.25, -0.2) is 4.79 Å². The van der Waals surface area contributed by atoms with Gasteiger partial charge in [-0.2, -0.15) is 0 Å². The molecular weight excluding hydrogens is 437 g/mol. The molecule has 0 fully saturated rings. The highest BCUT2D eigenvalue weighted by Crippen LogP contribution is 2.37. The topological polar surface area (TPSA) is 73.9 Å². The Bertz CT molecular complexity index is 1100. The van der Waals surface area contributed by atoms with Crippen LogP contribution in [-0.4, -0.2) is 32.7 Å². The van der Waals surface area contributed by atoms with Gasteiger partial charge in [-0.15, -0.1) is 11.3 Å². The van der Waals surface area contributed by atoms with Crippen LogP contribution < -0.4 is 14.8 Å². The Balaban J connectivity index is 1.69. The Morgan fingerprint density at radius 2 is 1.86 bits per heavy atom. The lowest BCUT2D eigenvalue weighted by Gasteiger charge is -2.12. The summed E-state index contributed by atoms with van der Waals surface area (Å²) < 4.78 is 16.3. The lowest BCUT2D eigenvalue weighted by Crippen LogP contribution is -2.21. The van der Waals surface area contributed by atoms with Crippen LogP contribution in [0.4, 0.5) is 5.69 Å². The SMILES string of the molecule is COc1ccc2c(Cl)c(C(=O)OCC(=O)Nc3cc(C)c(Cl)cc3OC)sc2c1. The van der Waals surface area contributed by atoms with Crippen LogP contribution >= 0.6 is 34.5 Å². The summed E-state index contributed by atoms with van der Waals surface area (Å²) >= 11 is 13.5. The van der Waals surface area contributed by atoms with Gasteiger partial charge in [-0.05, 0) is 36.8 Å². The molecule has 2 aromatic carbocycles. The zero-order valence-corrected chi connectivity index (χ0v) is 18.1. The van der Waals surface area contributed by atoms with Crippen molar-refractivity contribution in [2.24, 2.45) is 0 Å². The van der Waals surface area contributed by atoms with E-state index in [-0.39, 0.29) is 9.90 Å². The number of nitrogens with one attached hydrogen (secondary N) is 1. The summed E-state index contributed by atoms with van der Waals surface area (Å²) in [4.78, 5) is 24.9. The summed E-state index contributed by atoms with van der Waals surface area (Å²) in [5.41, 5.74) is 1.20. The summed E-state index contributed by atoms with van der Waals surface area (Å²) in [5, 5.41) is 4.17. The molecule has 1 aromatic heterocycles. The van der Waals surface area contributed by atoms with Gasteiger partial charge in [0.2, 0.25) is 0 Å². The van der Waals surface area contributed by atoms with Crippen molar-refractivity contribution in [1.82, 2.24) is 0 Å². The number of hydrogen-bond donors (Lipinski definition) is 1. The number of carbonyl (C=O) groups excluding carboxylic acids is 2. The van der Waals surface area contributed by atoms with Crippen molar-refractivity contribution in [2.45, 2.75) is 6.92 Å². The van der Waals surface area contributed by atoms with Gasteiger partial charge >= 0.3 is 5.97 Å². The number of methoxy groups -OCH3 is 2. The summed E-state index contributed by atoms with van der Waals surface area (Å²) in [7, 11) is 3.02. The van der Waals surface area contributed by atoms with Crippen molar-refractivity contribution in [1.29, 1.82) is 0 Å². The molecule has 1 N–H and O–H groups in total. The highest BCUT2D eigenvalue weighted by atomic mass is 35.5. The lowest BCUT2D eigenvalue weighted by atomic mass is 10.2. The largest absolute Gasteiger partial charge is 0.497 e. The number of anilines is 1. The number of amides is 1. The number of thiophene rings is 1. The molecule has 0 aliphatic rings. The number of rotatable bonds is 6. The minimum Gasteiger partial charge on any atom is -0.497 e. The fourth-order valence-corrected chi connectivity index (χ4v) is 4.20. The first-order valence-electron chi connectivity index (χ1n) is 8.41. The number of carbonyl (C=O) groups is 2. The van der Waals surface area contributed by atoms with E-state index in [2.05, 4.69) is 5.32 Å². The van der Waals surface area contributed by atoms with Crippen LogP contribution in [0.1, 0.15) is 15.2 Å². The van der Waals surface area contributed by atoms with Crippen LogP contribution in [0.15, 0.2) is 30.3 Å². The number of fused-ring (bicyclic) bond motifs is 1. The van der Waals surface area contributed by atoms with E-state index >= 15 is 0 Å². The van der Waals surface area contributed by atoms with Crippen LogP contribution in [0.5, 0.6) is 11.5 Å². The first-order chi connectivity index (χ1) is 13.8. The minimum atomic E-state index is -0.676. The molecule has 3 aromatic rings. The maximum Gasteiger partial charge on any atom is 0.350 e. The van der Waals surface area contributed by atoms with Crippen LogP contribution in [-0.2, 0) is 9.53 Å². The zero-order chi connectivity index (χ0) is 21.1. The molecule has 0 unspecified atom stereocenters. The molecule has 9 heteroatoms. The third kappa shape index (κ3) is 4.58. The second kappa shape index (κ2) is 8.90. The van der Waals surface area contributed by atoms with Crippen molar-refractivity contribution in [2.75, 3.05) is 26.1 Å². The second-order valence-corrected chi connectivity index (χ2v) is 7.87. The van der Waals surface area contributed by atoms with E-state index < -0.39 is 18.5 Å². The summed E-state index contributed by atoms with van der Waals surface area (Å²) in [5.74, 6) is -0.134. The molecule has 1 amide bonds. The van der Waals surface area contributed by atoms with Crippen molar-refractivity contribution in [3.8, 4) is 11.5 Å². The van der Waals surface area contributed by atoms with E-state index in [0.29, 0.717) is 22.2 Å². The van der Waals surface area contributed by atoms with Gasteiger partial charge in [0.05, 0.1) is 24.9 Å². The Labute approximate surface area is 181 Å². The van der Waals surface area contributed by atoms with Crippen LogP contribution in [0.25, 0.3) is 10.1 Å². The normalized spacial score (nSPS) is 10.7. The second-order valence-electron chi connectivity index (χ2n) is 6.03. The number of halogens is 2. The van der Waals surface area contributed by atoms with Gasteiger partial charge in [0.15, 0.2) is 6.61 Å². The highest BCUT2D eigenvalue weighted by Gasteiger charge is 2.20.